The second-order valence-electron chi connectivity index (χ2n) is 5.13. The van der Waals surface area contributed by atoms with Gasteiger partial charge in [0, 0.05) is 18.7 Å². The Morgan fingerprint density at radius 2 is 1.94 bits per heavy atom. The van der Waals surface area contributed by atoms with E-state index in [1.165, 1.54) is 18.4 Å². The number of anilines is 1. The van der Waals surface area contributed by atoms with E-state index in [2.05, 4.69) is 31.2 Å². The maximum Gasteiger partial charge on any atom is 0.227 e. The van der Waals surface area contributed by atoms with E-state index in [4.69, 9.17) is 0 Å². The SMILES string of the molecule is Cc1ccc(N2CC[C@H]3CC3CC2=O)cc1. The van der Waals surface area contributed by atoms with Crippen LogP contribution in [0.15, 0.2) is 24.3 Å². The average Bonchev–Trinajstić information content (AvgIpc) is 2.99. The van der Waals surface area contributed by atoms with E-state index >= 15 is 0 Å². The number of hydrogen-bond donors (Lipinski definition) is 0. The molecule has 2 fully saturated rings. The van der Waals surface area contributed by atoms with Gasteiger partial charge in [0.05, 0.1) is 0 Å². The highest BCUT2D eigenvalue weighted by molar-refractivity contribution is 5.94. The minimum absolute atomic E-state index is 0.314. The van der Waals surface area contributed by atoms with Crippen molar-refractivity contribution in [1.82, 2.24) is 0 Å². The van der Waals surface area contributed by atoms with Crippen LogP contribution in [0.4, 0.5) is 5.69 Å². The molecule has 2 aliphatic rings. The molecule has 1 aliphatic carbocycles. The molecule has 1 saturated carbocycles. The van der Waals surface area contributed by atoms with Crippen molar-refractivity contribution in [2.24, 2.45) is 11.8 Å². The van der Waals surface area contributed by atoms with Crippen molar-refractivity contribution in [1.29, 1.82) is 0 Å². The summed E-state index contributed by atoms with van der Waals surface area (Å²) in [6.07, 6.45) is 3.23. The third-order valence-electron chi connectivity index (χ3n) is 3.88. The summed E-state index contributed by atoms with van der Waals surface area (Å²) < 4.78 is 0. The van der Waals surface area contributed by atoms with Gasteiger partial charge in [-0.05, 0) is 43.7 Å². The molecule has 3 rings (SSSR count). The third-order valence-corrected chi connectivity index (χ3v) is 3.88. The van der Waals surface area contributed by atoms with Crippen LogP contribution in [0.1, 0.15) is 24.8 Å². The van der Waals surface area contributed by atoms with E-state index < -0.39 is 0 Å². The van der Waals surface area contributed by atoms with Gasteiger partial charge in [-0.15, -0.1) is 0 Å². The molecule has 1 aliphatic heterocycles. The number of carbonyl (C=O) groups is 1. The number of nitrogens with zero attached hydrogens (tertiary/aromatic N) is 1. The molecule has 1 unspecified atom stereocenters. The minimum Gasteiger partial charge on any atom is -0.312 e. The van der Waals surface area contributed by atoms with E-state index in [-0.39, 0.29) is 0 Å². The standard InChI is InChI=1S/C14H17NO/c1-10-2-4-13(5-3-10)15-7-6-11-8-12(11)9-14(15)16/h2-5,11-12H,6-9H2,1H3/t11-,12?/m0/s1. The zero-order valence-corrected chi connectivity index (χ0v) is 9.65. The summed E-state index contributed by atoms with van der Waals surface area (Å²) in [5.41, 5.74) is 2.31. The van der Waals surface area contributed by atoms with Gasteiger partial charge in [-0.2, -0.15) is 0 Å². The maximum atomic E-state index is 12.1. The van der Waals surface area contributed by atoms with Gasteiger partial charge in [-0.1, -0.05) is 17.7 Å². The van der Waals surface area contributed by atoms with E-state index in [9.17, 15) is 4.79 Å². The second kappa shape index (κ2) is 3.62. The van der Waals surface area contributed by atoms with Gasteiger partial charge < -0.3 is 4.90 Å². The molecule has 16 heavy (non-hydrogen) atoms. The predicted molar refractivity (Wildman–Crippen MR) is 64.4 cm³/mol. The normalized spacial score (nSPS) is 28.6. The van der Waals surface area contributed by atoms with Crippen molar-refractivity contribution < 1.29 is 4.79 Å². The van der Waals surface area contributed by atoms with Crippen molar-refractivity contribution in [2.45, 2.75) is 26.2 Å². The summed E-state index contributed by atoms with van der Waals surface area (Å²) >= 11 is 0. The lowest BCUT2D eigenvalue weighted by Crippen LogP contribution is -2.30. The van der Waals surface area contributed by atoms with Crippen LogP contribution in [-0.2, 0) is 4.79 Å². The molecule has 1 saturated heterocycles. The zero-order chi connectivity index (χ0) is 11.1. The smallest absolute Gasteiger partial charge is 0.227 e. The molecule has 0 N–H and O–H groups in total. The van der Waals surface area contributed by atoms with Gasteiger partial charge in [0.2, 0.25) is 5.91 Å². The lowest BCUT2D eigenvalue weighted by Gasteiger charge is -2.21. The van der Waals surface area contributed by atoms with Gasteiger partial charge in [0.15, 0.2) is 0 Å². The van der Waals surface area contributed by atoms with Crippen molar-refractivity contribution in [3.8, 4) is 0 Å². The van der Waals surface area contributed by atoms with Crippen LogP contribution in [-0.4, -0.2) is 12.5 Å². The summed E-state index contributed by atoms with van der Waals surface area (Å²) in [6, 6.07) is 8.27. The van der Waals surface area contributed by atoms with Crippen LogP contribution in [0.2, 0.25) is 0 Å². The van der Waals surface area contributed by atoms with Crippen molar-refractivity contribution in [3.05, 3.63) is 29.8 Å². The van der Waals surface area contributed by atoms with Crippen LogP contribution in [0.3, 0.4) is 0 Å². The molecule has 2 heteroatoms. The van der Waals surface area contributed by atoms with Gasteiger partial charge in [0.1, 0.15) is 0 Å². The second-order valence-corrected chi connectivity index (χ2v) is 5.13. The Balaban J connectivity index is 1.82. The highest BCUT2D eigenvalue weighted by Gasteiger charge is 2.41. The Morgan fingerprint density at radius 3 is 2.69 bits per heavy atom. The molecule has 2 atom stereocenters. The lowest BCUT2D eigenvalue weighted by atomic mass is 10.2. The number of carbonyl (C=O) groups excluding carboxylic acids is 1. The summed E-state index contributed by atoms with van der Waals surface area (Å²) in [5, 5.41) is 0. The number of fused-ring (bicyclic) bond motifs is 1. The Hall–Kier alpha value is -1.31. The Labute approximate surface area is 96.3 Å². The summed E-state index contributed by atoms with van der Waals surface area (Å²) in [7, 11) is 0. The molecular formula is C14H17NO. The summed E-state index contributed by atoms with van der Waals surface area (Å²) in [6.45, 7) is 2.98. The molecular weight excluding hydrogens is 198 g/mol. The van der Waals surface area contributed by atoms with Crippen molar-refractivity contribution in [3.63, 3.8) is 0 Å². The van der Waals surface area contributed by atoms with Crippen molar-refractivity contribution in [2.75, 3.05) is 11.4 Å². The summed E-state index contributed by atoms with van der Waals surface area (Å²) in [5.74, 6) is 1.84. The first-order valence-corrected chi connectivity index (χ1v) is 6.11. The molecule has 1 aromatic carbocycles. The Morgan fingerprint density at radius 1 is 1.19 bits per heavy atom. The number of amides is 1. The fourth-order valence-electron chi connectivity index (χ4n) is 2.67. The fourth-order valence-corrected chi connectivity index (χ4v) is 2.67. The van der Waals surface area contributed by atoms with Gasteiger partial charge >= 0.3 is 0 Å². The minimum atomic E-state index is 0.314. The molecule has 0 bridgehead atoms. The highest BCUT2D eigenvalue weighted by atomic mass is 16.2. The molecule has 84 valence electrons. The molecule has 2 nitrogen and oxygen atoms in total. The predicted octanol–water partition coefficient (Wildman–Crippen LogP) is 2.76. The van der Waals surface area contributed by atoms with Crippen LogP contribution in [0, 0.1) is 18.8 Å². The average molecular weight is 215 g/mol. The van der Waals surface area contributed by atoms with Crippen LogP contribution in [0.25, 0.3) is 0 Å². The largest absolute Gasteiger partial charge is 0.312 e. The van der Waals surface area contributed by atoms with Crippen LogP contribution >= 0.6 is 0 Å². The van der Waals surface area contributed by atoms with E-state index in [0.29, 0.717) is 11.8 Å². The number of hydrogen-bond acceptors (Lipinski definition) is 1. The molecule has 0 radical (unpaired) electrons. The number of benzene rings is 1. The zero-order valence-electron chi connectivity index (χ0n) is 9.65. The first-order chi connectivity index (χ1) is 7.74. The van der Waals surface area contributed by atoms with E-state index in [0.717, 1.165) is 24.6 Å². The maximum absolute atomic E-state index is 12.1. The lowest BCUT2D eigenvalue weighted by molar-refractivity contribution is -0.118. The molecule has 1 amide bonds. The molecule has 0 spiro atoms. The Kier molecular flexibility index (Phi) is 2.23. The molecule has 1 aromatic rings. The monoisotopic (exact) mass is 215 g/mol. The fraction of sp³-hybridized carbons (Fsp3) is 0.500. The highest BCUT2D eigenvalue weighted by Crippen LogP contribution is 2.46. The molecule has 1 heterocycles. The van der Waals surface area contributed by atoms with Gasteiger partial charge in [-0.3, -0.25) is 4.79 Å². The number of aryl methyl sites for hydroxylation is 1. The quantitative estimate of drug-likeness (QED) is 0.705. The Bertz CT molecular complexity index is 409. The first kappa shape index (κ1) is 9.88. The summed E-state index contributed by atoms with van der Waals surface area (Å²) in [4.78, 5) is 14.0. The van der Waals surface area contributed by atoms with Crippen LogP contribution in [0.5, 0.6) is 0 Å². The first-order valence-electron chi connectivity index (χ1n) is 6.11. The third kappa shape index (κ3) is 1.73. The van der Waals surface area contributed by atoms with Gasteiger partial charge in [-0.25, -0.2) is 0 Å². The topological polar surface area (TPSA) is 20.3 Å². The van der Waals surface area contributed by atoms with Crippen molar-refractivity contribution >= 4 is 11.6 Å². The van der Waals surface area contributed by atoms with Gasteiger partial charge in [0.25, 0.3) is 0 Å². The van der Waals surface area contributed by atoms with Crippen LogP contribution < -0.4 is 4.90 Å². The van der Waals surface area contributed by atoms with E-state index in [1.807, 2.05) is 4.90 Å². The number of rotatable bonds is 1. The molecule has 0 aromatic heterocycles. The van der Waals surface area contributed by atoms with E-state index in [1.54, 1.807) is 0 Å².